The Labute approximate surface area is 206 Å². The molecular weight excluding hydrogens is 468 g/mol. The van der Waals surface area contributed by atoms with Crippen molar-refractivity contribution in [2.45, 2.75) is 19.4 Å². The van der Waals surface area contributed by atoms with Gasteiger partial charge in [-0.2, -0.15) is 4.99 Å². The van der Waals surface area contributed by atoms with Crippen LogP contribution in [0.3, 0.4) is 0 Å². The predicted octanol–water partition coefficient (Wildman–Crippen LogP) is 5.22. The predicted molar refractivity (Wildman–Crippen MR) is 138 cm³/mol. The maximum absolute atomic E-state index is 13.0. The number of hydrogen-bond acceptors (Lipinski definition) is 5. The van der Waals surface area contributed by atoms with Gasteiger partial charge in [0.05, 0.1) is 11.4 Å². The quantitative estimate of drug-likeness (QED) is 0.534. The Morgan fingerprint density at radius 3 is 2.65 bits per heavy atom. The number of thioether (sulfide) groups is 1. The highest BCUT2D eigenvalue weighted by molar-refractivity contribution is 8.14. The summed E-state index contributed by atoms with van der Waals surface area (Å²) in [5, 5.41) is 4.06. The fourth-order valence-corrected chi connectivity index (χ4v) is 5.01. The molecule has 0 bridgehead atoms. The zero-order valence-electron chi connectivity index (χ0n) is 18.4. The molecular formula is C26H21ClN4O2S. The molecule has 0 aliphatic carbocycles. The highest BCUT2D eigenvalue weighted by Gasteiger charge is 2.41. The molecule has 0 saturated heterocycles. The van der Waals surface area contributed by atoms with Gasteiger partial charge in [-0.05, 0) is 42.3 Å². The SMILES string of the molecule is Cc1ccc(Cl)cc1NC(=O)CSC1=Nc2ccccc2C2=NC(=O)C(Cc3ccccc3)N12. The molecule has 6 nitrogen and oxygen atoms in total. The second kappa shape index (κ2) is 9.44. The van der Waals surface area contributed by atoms with Crippen LogP contribution in [0.2, 0.25) is 5.02 Å². The van der Waals surface area contributed by atoms with Gasteiger partial charge in [0.1, 0.15) is 11.9 Å². The summed E-state index contributed by atoms with van der Waals surface area (Å²) in [6.07, 6.45) is 0.502. The highest BCUT2D eigenvalue weighted by Crippen LogP contribution is 2.35. The lowest BCUT2D eigenvalue weighted by Crippen LogP contribution is -2.45. The van der Waals surface area contributed by atoms with Crippen molar-refractivity contribution in [2.75, 3.05) is 11.1 Å². The summed E-state index contributed by atoms with van der Waals surface area (Å²) in [4.78, 5) is 36.8. The van der Waals surface area contributed by atoms with Crippen molar-refractivity contribution in [3.63, 3.8) is 0 Å². The minimum atomic E-state index is -0.504. The number of benzene rings is 3. The van der Waals surface area contributed by atoms with E-state index in [1.54, 1.807) is 12.1 Å². The standard InChI is InChI=1S/C26H21ClN4O2S/c1-16-11-12-18(27)14-21(16)28-23(32)15-34-26-29-20-10-6-5-9-19(20)24-30-25(33)22(31(24)26)13-17-7-3-2-4-8-17/h2-12,14,22H,13,15H2,1H3,(H,28,32). The zero-order valence-corrected chi connectivity index (χ0v) is 19.9. The molecule has 2 heterocycles. The molecule has 2 aliphatic rings. The summed E-state index contributed by atoms with van der Waals surface area (Å²) < 4.78 is 0. The summed E-state index contributed by atoms with van der Waals surface area (Å²) in [5.74, 6) is 0.330. The number of amidine groups is 2. The Hall–Kier alpha value is -3.42. The van der Waals surface area contributed by atoms with Gasteiger partial charge in [0.25, 0.3) is 5.91 Å². The lowest BCUT2D eigenvalue weighted by Gasteiger charge is -2.31. The fraction of sp³-hybridized carbons (Fsp3) is 0.154. The molecule has 2 aliphatic heterocycles. The van der Waals surface area contributed by atoms with Crippen molar-refractivity contribution in [3.05, 3.63) is 94.5 Å². The zero-order chi connectivity index (χ0) is 23.7. The van der Waals surface area contributed by atoms with Crippen molar-refractivity contribution >= 4 is 57.6 Å². The molecule has 34 heavy (non-hydrogen) atoms. The molecule has 0 aromatic heterocycles. The lowest BCUT2D eigenvalue weighted by molar-refractivity contribution is -0.119. The average molecular weight is 489 g/mol. The average Bonchev–Trinajstić information content (AvgIpc) is 3.17. The van der Waals surface area contributed by atoms with Crippen LogP contribution >= 0.6 is 23.4 Å². The Balaban J connectivity index is 1.40. The molecule has 1 N–H and O–H groups in total. The van der Waals surface area contributed by atoms with Gasteiger partial charge in [0, 0.05) is 22.7 Å². The molecule has 0 spiro atoms. The third kappa shape index (κ3) is 4.49. The minimum Gasteiger partial charge on any atom is -0.325 e. The van der Waals surface area contributed by atoms with Gasteiger partial charge in [-0.3, -0.25) is 14.5 Å². The van der Waals surface area contributed by atoms with Crippen LogP contribution in [0.25, 0.3) is 0 Å². The number of hydrogen-bond donors (Lipinski definition) is 1. The number of nitrogens with one attached hydrogen (secondary N) is 1. The first-order valence-corrected chi connectivity index (χ1v) is 12.2. The van der Waals surface area contributed by atoms with E-state index >= 15 is 0 Å². The molecule has 3 aromatic rings. The number of carbonyl (C=O) groups excluding carboxylic acids is 2. The van der Waals surface area contributed by atoms with Crippen molar-refractivity contribution in [1.29, 1.82) is 0 Å². The van der Waals surface area contributed by atoms with E-state index in [1.165, 1.54) is 11.8 Å². The number of aliphatic imine (C=N–C) groups is 2. The molecule has 170 valence electrons. The van der Waals surface area contributed by atoms with Crippen LogP contribution < -0.4 is 5.32 Å². The van der Waals surface area contributed by atoms with Crippen molar-refractivity contribution in [1.82, 2.24) is 4.90 Å². The Kier molecular flexibility index (Phi) is 6.22. The molecule has 3 aromatic carbocycles. The first-order valence-electron chi connectivity index (χ1n) is 10.8. The first kappa shape index (κ1) is 22.4. The summed E-state index contributed by atoms with van der Waals surface area (Å²) in [6, 6.07) is 22.3. The molecule has 8 heteroatoms. The topological polar surface area (TPSA) is 74.1 Å². The maximum atomic E-state index is 13.0. The number of nitrogens with zero attached hydrogens (tertiary/aromatic N) is 3. The molecule has 0 saturated carbocycles. The Morgan fingerprint density at radius 1 is 1.06 bits per heavy atom. The highest BCUT2D eigenvalue weighted by atomic mass is 35.5. The van der Waals surface area contributed by atoms with Gasteiger partial charge in [-0.1, -0.05) is 71.9 Å². The van der Waals surface area contributed by atoms with Crippen LogP contribution in [-0.4, -0.2) is 39.5 Å². The maximum Gasteiger partial charge on any atom is 0.271 e. The Morgan fingerprint density at radius 2 is 1.82 bits per heavy atom. The van der Waals surface area contributed by atoms with Crippen LogP contribution in [-0.2, 0) is 16.0 Å². The second-order valence-corrected chi connectivity index (χ2v) is 9.44. The van der Waals surface area contributed by atoms with Crippen LogP contribution in [0.15, 0.2) is 82.8 Å². The number of rotatable bonds is 5. The third-order valence-electron chi connectivity index (χ3n) is 5.69. The van der Waals surface area contributed by atoms with Crippen molar-refractivity contribution < 1.29 is 9.59 Å². The Bertz CT molecular complexity index is 1340. The van der Waals surface area contributed by atoms with Gasteiger partial charge in [0.2, 0.25) is 5.91 Å². The monoisotopic (exact) mass is 488 g/mol. The van der Waals surface area contributed by atoms with E-state index in [2.05, 4.69) is 10.3 Å². The smallest absolute Gasteiger partial charge is 0.271 e. The van der Waals surface area contributed by atoms with Gasteiger partial charge in [-0.25, -0.2) is 4.99 Å². The summed E-state index contributed by atoms with van der Waals surface area (Å²) in [6.45, 7) is 1.91. The third-order valence-corrected chi connectivity index (χ3v) is 6.87. The largest absolute Gasteiger partial charge is 0.325 e. The summed E-state index contributed by atoms with van der Waals surface area (Å²) in [7, 11) is 0. The number of halogens is 1. The van der Waals surface area contributed by atoms with E-state index in [0.717, 1.165) is 22.4 Å². The summed E-state index contributed by atoms with van der Waals surface area (Å²) in [5.41, 5.74) is 4.19. The molecule has 5 rings (SSSR count). The number of carbonyl (C=O) groups is 2. The molecule has 1 atom stereocenters. The van der Waals surface area contributed by atoms with E-state index in [4.69, 9.17) is 16.6 Å². The molecule has 0 fully saturated rings. The van der Waals surface area contributed by atoms with Crippen molar-refractivity contribution in [2.24, 2.45) is 9.98 Å². The van der Waals surface area contributed by atoms with E-state index in [9.17, 15) is 9.59 Å². The van der Waals surface area contributed by atoms with Crippen LogP contribution in [0.1, 0.15) is 16.7 Å². The van der Waals surface area contributed by atoms with Crippen LogP contribution in [0, 0.1) is 6.92 Å². The van der Waals surface area contributed by atoms with E-state index < -0.39 is 6.04 Å². The minimum absolute atomic E-state index is 0.128. The number of amides is 2. The van der Waals surface area contributed by atoms with Crippen LogP contribution in [0.5, 0.6) is 0 Å². The van der Waals surface area contributed by atoms with E-state index in [0.29, 0.717) is 28.1 Å². The molecule has 2 amide bonds. The van der Waals surface area contributed by atoms with E-state index in [1.807, 2.05) is 72.5 Å². The normalized spacial score (nSPS) is 16.5. The van der Waals surface area contributed by atoms with Crippen LogP contribution in [0.4, 0.5) is 11.4 Å². The molecule has 0 radical (unpaired) electrons. The lowest BCUT2D eigenvalue weighted by atomic mass is 10.0. The van der Waals surface area contributed by atoms with Gasteiger partial charge < -0.3 is 5.32 Å². The number of aryl methyl sites for hydroxylation is 1. The summed E-state index contributed by atoms with van der Waals surface area (Å²) >= 11 is 7.37. The fourth-order valence-electron chi connectivity index (χ4n) is 3.98. The molecule has 1 unspecified atom stereocenters. The second-order valence-electron chi connectivity index (χ2n) is 8.06. The van der Waals surface area contributed by atoms with Gasteiger partial charge >= 0.3 is 0 Å². The number of anilines is 1. The number of fused-ring (bicyclic) bond motifs is 3. The first-order chi connectivity index (χ1) is 16.5. The van der Waals surface area contributed by atoms with Crippen molar-refractivity contribution in [3.8, 4) is 0 Å². The van der Waals surface area contributed by atoms with Gasteiger partial charge in [0.15, 0.2) is 5.17 Å². The van der Waals surface area contributed by atoms with Gasteiger partial charge in [-0.15, -0.1) is 0 Å². The van der Waals surface area contributed by atoms with E-state index in [-0.39, 0.29) is 17.6 Å². The number of para-hydroxylation sites is 1.